The molecule has 0 nitrogen and oxygen atoms in total. The van der Waals surface area contributed by atoms with Gasteiger partial charge in [-0.15, -0.1) is 0 Å². The van der Waals surface area contributed by atoms with Crippen LogP contribution < -0.4 is 0 Å². The molecular formula is C6H10. The van der Waals surface area contributed by atoms with Crippen LogP contribution in [0.3, 0.4) is 0 Å². The van der Waals surface area contributed by atoms with E-state index in [9.17, 15) is 0 Å². The lowest BCUT2D eigenvalue weighted by Gasteiger charge is -1.62. The second-order valence-corrected chi connectivity index (χ2v) is 0.954. The number of hydrogen-bond acceptors (Lipinski definition) is 0. The Kier molecular flexibility index (Phi) is 2.73. The van der Waals surface area contributed by atoms with E-state index in [4.69, 9.17) is 1.37 Å². The van der Waals surface area contributed by atoms with Gasteiger partial charge in [0.05, 0.1) is 0 Å². The summed E-state index contributed by atoms with van der Waals surface area (Å²) in [6, 6.07) is 0. The quantitative estimate of drug-likeness (QED) is 0.426. The van der Waals surface area contributed by atoms with Gasteiger partial charge in [0.2, 0.25) is 0 Å². The van der Waals surface area contributed by atoms with Crippen molar-refractivity contribution in [1.29, 1.82) is 0 Å². The fraction of sp³-hybridized carbons (Fsp3) is 0.333. The molecule has 0 fully saturated rings. The van der Waals surface area contributed by atoms with Crippen molar-refractivity contribution in [2.75, 3.05) is 0 Å². The standard InChI is InChI=1S/C6H10/c1-3-5-6-4-2/h3-6H,1-2H3/b5-3+,6-4+/i1D. The molecule has 34 valence electrons. The molecule has 0 atom stereocenters. The molecule has 6 heavy (non-hydrogen) atoms. The van der Waals surface area contributed by atoms with Gasteiger partial charge >= 0.3 is 0 Å². The van der Waals surface area contributed by atoms with E-state index in [0.717, 1.165) is 0 Å². The lowest BCUT2D eigenvalue weighted by molar-refractivity contribution is 1.69. The molecule has 0 unspecified atom stereocenters. The molecule has 0 radical (unpaired) electrons. The molecule has 0 aliphatic heterocycles. The van der Waals surface area contributed by atoms with Gasteiger partial charge in [-0.3, -0.25) is 0 Å². The molecule has 0 aromatic rings. The highest BCUT2D eigenvalue weighted by atomic mass is 13.6. The van der Waals surface area contributed by atoms with Gasteiger partial charge in [-0.25, -0.2) is 0 Å². The summed E-state index contributed by atoms with van der Waals surface area (Å²) in [7, 11) is 0. The van der Waals surface area contributed by atoms with Crippen LogP contribution in [0.2, 0.25) is 0 Å². The summed E-state index contributed by atoms with van der Waals surface area (Å²) in [5, 5.41) is 0. The molecule has 0 bridgehead atoms. The van der Waals surface area contributed by atoms with Crippen molar-refractivity contribution in [1.82, 2.24) is 0 Å². The van der Waals surface area contributed by atoms with Gasteiger partial charge in [-0.1, -0.05) is 24.3 Å². The zero-order valence-electron chi connectivity index (χ0n) is 5.02. The summed E-state index contributed by atoms with van der Waals surface area (Å²) in [5.74, 6) is 0. The third kappa shape index (κ3) is 3.48. The average Bonchev–Trinajstić information content (AvgIpc) is 1.69. The van der Waals surface area contributed by atoms with Crippen LogP contribution in [-0.4, -0.2) is 0 Å². The lowest BCUT2D eigenvalue weighted by atomic mass is 10.5. The zero-order valence-corrected chi connectivity index (χ0v) is 4.02. The van der Waals surface area contributed by atoms with E-state index in [1.165, 1.54) is 0 Å². The normalized spacial score (nSPS) is 13.8. The molecule has 0 saturated heterocycles. The molecule has 0 spiro atoms. The Hall–Kier alpha value is -0.520. The summed E-state index contributed by atoms with van der Waals surface area (Å²) in [6.07, 6.45) is 7.51. The smallest absolute Gasteiger partial charge is 0.0273 e. The molecule has 0 amide bonds. The van der Waals surface area contributed by atoms with Gasteiger partial charge in [-0.05, 0) is 13.8 Å². The predicted molar refractivity (Wildman–Crippen MR) is 29.6 cm³/mol. The monoisotopic (exact) mass is 83.1 g/mol. The van der Waals surface area contributed by atoms with Gasteiger partial charge in [-0.2, -0.15) is 0 Å². The van der Waals surface area contributed by atoms with Crippen molar-refractivity contribution < 1.29 is 1.37 Å². The van der Waals surface area contributed by atoms with E-state index < -0.39 is 0 Å². The van der Waals surface area contributed by atoms with E-state index in [2.05, 4.69) is 0 Å². The van der Waals surface area contributed by atoms with Crippen LogP contribution in [0.4, 0.5) is 0 Å². The molecule has 0 heteroatoms. The minimum absolute atomic E-state index is 0.379. The second-order valence-electron chi connectivity index (χ2n) is 0.954. The summed E-state index contributed by atoms with van der Waals surface area (Å²) >= 11 is 0. The van der Waals surface area contributed by atoms with E-state index >= 15 is 0 Å². The molecule has 0 N–H and O–H groups in total. The van der Waals surface area contributed by atoms with Crippen molar-refractivity contribution >= 4 is 0 Å². The van der Waals surface area contributed by atoms with E-state index in [1.54, 1.807) is 6.08 Å². The third-order valence-electron chi connectivity index (χ3n) is 0.440. The van der Waals surface area contributed by atoms with Crippen molar-refractivity contribution in [3.05, 3.63) is 24.3 Å². The first-order valence-corrected chi connectivity index (χ1v) is 1.99. The predicted octanol–water partition coefficient (Wildman–Crippen LogP) is 2.14. The van der Waals surface area contributed by atoms with E-state index in [0.29, 0.717) is 6.90 Å². The van der Waals surface area contributed by atoms with Gasteiger partial charge in [0.25, 0.3) is 0 Å². The molecule has 0 saturated carbocycles. The molecule has 0 aliphatic rings. The van der Waals surface area contributed by atoms with Crippen LogP contribution in [0.5, 0.6) is 0 Å². The SMILES string of the molecule is [2H]C/C=C/C=C/C. The van der Waals surface area contributed by atoms with Crippen LogP contribution in [0.15, 0.2) is 24.3 Å². The van der Waals surface area contributed by atoms with E-state index in [-0.39, 0.29) is 0 Å². The maximum atomic E-state index is 6.66. The van der Waals surface area contributed by atoms with Gasteiger partial charge < -0.3 is 0 Å². The molecule has 0 rings (SSSR count). The van der Waals surface area contributed by atoms with Crippen LogP contribution in [0, 0.1) is 0 Å². The van der Waals surface area contributed by atoms with Gasteiger partial charge in [0.15, 0.2) is 0 Å². The molecule has 0 aliphatic carbocycles. The van der Waals surface area contributed by atoms with Crippen molar-refractivity contribution in [2.24, 2.45) is 0 Å². The first-order valence-electron chi connectivity index (χ1n) is 2.69. The number of allylic oxidation sites excluding steroid dienone is 4. The molecule has 0 aromatic heterocycles. The fourth-order valence-electron chi connectivity index (χ4n) is 0.190. The Bertz CT molecular complexity index is 72.2. The van der Waals surface area contributed by atoms with E-state index in [1.807, 2.05) is 25.2 Å². The van der Waals surface area contributed by atoms with Crippen molar-refractivity contribution in [3.63, 3.8) is 0 Å². The van der Waals surface area contributed by atoms with Crippen LogP contribution in [0.25, 0.3) is 0 Å². The Morgan fingerprint density at radius 2 is 2.00 bits per heavy atom. The maximum Gasteiger partial charge on any atom is 0.0273 e. The zero-order chi connectivity index (χ0) is 5.54. The Labute approximate surface area is 40.6 Å². The topological polar surface area (TPSA) is 0 Å². The largest absolute Gasteiger partial charge is 0.0877 e. The summed E-state index contributed by atoms with van der Waals surface area (Å²) in [6.45, 7) is 2.33. The van der Waals surface area contributed by atoms with Crippen LogP contribution in [0.1, 0.15) is 15.2 Å². The summed E-state index contributed by atoms with van der Waals surface area (Å²) in [5.41, 5.74) is 0. The summed E-state index contributed by atoms with van der Waals surface area (Å²) < 4.78 is 6.66. The molecule has 0 aromatic carbocycles. The Balaban J connectivity index is 3.09. The summed E-state index contributed by atoms with van der Waals surface area (Å²) in [4.78, 5) is 0. The average molecular weight is 83.2 g/mol. The van der Waals surface area contributed by atoms with Crippen molar-refractivity contribution in [3.8, 4) is 0 Å². The second kappa shape index (κ2) is 4.48. The van der Waals surface area contributed by atoms with Gasteiger partial charge in [0.1, 0.15) is 0 Å². The van der Waals surface area contributed by atoms with Gasteiger partial charge in [0, 0.05) is 1.37 Å². The first-order chi connectivity index (χ1) is 3.41. The first kappa shape index (κ1) is 3.66. The van der Waals surface area contributed by atoms with Crippen molar-refractivity contribution in [2.45, 2.75) is 13.8 Å². The molecule has 0 heterocycles. The Morgan fingerprint density at radius 1 is 1.33 bits per heavy atom. The number of hydrogen-bond donors (Lipinski definition) is 0. The highest BCUT2D eigenvalue weighted by Gasteiger charge is 1.48. The minimum Gasteiger partial charge on any atom is -0.0877 e. The minimum atomic E-state index is 0.379. The lowest BCUT2D eigenvalue weighted by Crippen LogP contribution is -1.40. The third-order valence-corrected chi connectivity index (χ3v) is 0.440. The Morgan fingerprint density at radius 3 is 2.50 bits per heavy atom. The highest BCUT2D eigenvalue weighted by molar-refractivity contribution is 4.98. The fourth-order valence-corrected chi connectivity index (χ4v) is 0.190. The highest BCUT2D eigenvalue weighted by Crippen LogP contribution is 1.71. The molecular weight excluding hydrogens is 72.1 g/mol. The maximum absolute atomic E-state index is 6.66. The number of rotatable bonds is 1. The van der Waals surface area contributed by atoms with Crippen LogP contribution in [-0.2, 0) is 0 Å². The van der Waals surface area contributed by atoms with Crippen LogP contribution >= 0.6 is 0 Å².